The number of likely N-dealkylation sites (tertiary alicyclic amines) is 1. The SMILES string of the molecule is CCC(=Nc1cnn(C2CCN(C3CCCC3)CC2)c1)c1c(O)[nH]c2ccc(C(=O)NCC(C)C)cc12. The highest BCUT2D eigenvalue weighted by Crippen LogP contribution is 2.32. The number of nitrogens with zero attached hydrogens (tertiary/aromatic N) is 4. The molecule has 3 aromatic rings. The van der Waals surface area contributed by atoms with E-state index in [1.807, 2.05) is 31.5 Å². The third kappa shape index (κ3) is 5.59. The predicted octanol–water partition coefficient (Wildman–Crippen LogP) is 5.57. The van der Waals surface area contributed by atoms with Crippen molar-refractivity contribution < 1.29 is 9.90 Å². The van der Waals surface area contributed by atoms with E-state index in [0.717, 1.165) is 54.3 Å². The van der Waals surface area contributed by atoms with Crippen LogP contribution in [0.4, 0.5) is 5.69 Å². The minimum atomic E-state index is -0.113. The van der Waals surface area contributed by atoms with Crippen molar-refractivity contribution in [3.63, 3.8) is 0 Å². The van der Waals surface area contributed by atoms with Gasteiger partial charge in [-0.05, 0) is 56.2 Å². The number of carbonyl (C=O) groups is 1. The van der Waals surface area contributed by atoms with Gasteiger partial charge in [-0.25, -0.2) is 4.99 Å². The van der Waals surface area contributed by atoms with Gasteiger partial charge in [-0.15, -0.1) is 0 Å². The second-order valence-electron chi connectivity index (χ2n) is 11.0. The molecule has 5 rings (SSSR count). The molecule has 1 saturated heterocycles. The Morgan fingerprint density at radius 1 is 1.19 bits per heavy atom. The first-order chi connectivity index (χ1) is 17.9. The number of H-pyrrole nitrogens is 1. The molecule has 3 heterocycles. The third-order valence-electron chi connectivity index (χ3n) is 7.90. The van der Waals surface area contributed by atoms with E-state index >= 15 is 0 Å². The van der Waals surface area contributed by atoms with Gasteiger partial charge in [0.25, 0.3) is 5.91 Å². The average Bonchev–Trinajstić information content (AvgIpc) is 3.66. The second kappa shape index (κ2) is 11.1. The monoisotopic (exact) mass is 504 g/mol. The van der Waals surface area contributed by atoms with E-state index in [9.17, 15) is 9.90 Å². The van der Waals surface area contributed by atoms with Crippen LogP contribution in [0.5, 0.6) is 5.88 Å². The van der Waals surface area contributed by atoms with Crippen molar-refractivity contribution in [3.05, 3.63) is 41.7 Å². The van der Waals surface area contributed by atoms with Gasteiger partial charge in [-0.2, -0.15) is 5.10 Å². The van der Waals surface area contributed by atoms with E-state index in [1.54, 1.807) is 6.07 Å². The van der Waals surface area contributed by atoms with Crippen LogP contribution in [0.2, 0.25) is 0 Å². The Morgan fingerprint density at radius 3 is 2.65 bits per heavy atom. The number of hydrogen-bond donors (Lipinski definition) is 3. The summed E-state index contributed by atoms with van der Waals surface area (Å²) >= 11 is 0. The van der Waals surface area contributed by atoms with Crippen LogP contribution in [-0.2, 0) is 0 Å². The molecular weight excluding hydrogens is 464 g/mol. The summed E-state index contributed by atoms with van der Waals surface area (Å²) in [5.41, 5.74) is 3.54. The van der Waals surface area contributed by atoms with Crippen molar-refractivity contribution >= 4 is 28.2 Å². The molecule has 2 aromatic heterocycles. The highest BCUT2D eigenvalue weighted by Gasteiger charge is 2.28. The second-order valence-corrected chi connectivity index (χ2v) is 11.0. The van der Waals surface area contributed by atoms with E-state index in [0.29, 0.717) is 36.1 Å². The summed E-state index contributed by atoms with van der Waals surface area (Å²) in [6, 6.07) is 6.65. The minimum Gasteiger partial charge on any atom is -0.494 e. The van der Waals surface area contributed by atoms with Gasteiger partial charge in [0.1, 0.15) is 5.69 Å². The Bertz CT molecular complexity index is 1260. The first-order valence-corrected chi connectivity index (χ1v) is 13.9. The molecule has 37 heavy (non-hydrogen) atoms. The third-order valence-corrected chi connectivity index (χ3v) is 7.90. The van der Waals surface area contributed by atoms with Crippen molar-refractivity contribution in [1.82, 2.24) is 25.0 Å². The molecule has 198 valence electrons. The van der Waals surface area contributed by atoms with Gasteiger partial charge < -0.3 is 20.3 Å². The summed E-state index contributed by atoms with van der Waals surface area (Å²) in [6.07, 6.45) is 12.2. The van der Waals surface area contributed by atoms with Crippen LogP contribution in [0.15, 0.2) is 35.6 Å². The van der Waals surface area contributed by atoms with Crippen molar-refractivity contribution in [2.24, 2.45) is 10.9 Å². The van der Waals surface area contributed by atoms with Gasteiger partial charge in [-0.1, -0.05) is 33.6 Å². The Labute approximate surface area is 219 Å². The lowest BCUT2D eigenvalue weighted by Gasteiger charge is -2.36. The van der Waals surface area contributed by atoms with Gasteiger partial charge >= 0.3 is 0 Å². The molecule has 1 aliphatic heterocycles. The molecule has 2 aliphatic rings. The molecule has 3 N–H and O–H groups in total. The number of nitrogens with one attached hydrogen (secondary N) is 2. The summed E-state index contributed by atoms with van der Waals surface area (Å²) < 4.78 is 2.07. The van der Waals surface area contributed by atoms with Crippen molar-refractivity contribution in [3.8, 4) is 5.88 Å². The van der Waals surface area contributed by atoms with Gasteiger partial charge in [0.2, 0.25) is 0 Å². The Balaban J connectivity index is 1.34. The minimum absolute atomic E-state index is 0.0713. The number of aromatic hydroxyl groups is 1. The summed E-state index contributed by atoms with van der Waals surface area (Å²) in [5, 5.41) is 19.2. The topological polar surface area (TPSA) is 98.5 Å². The first-order valence-electron chi connectivity index (χ1n) is 13.9. The lowest BCUT2D eigenvalue weighted by molar-refractivity contribution is 0.0949. The number of aromatic amines is 1. The Kier molecular flexibility index (Phi) is 7.65. The number of fused-ring (bicyclic) bond motifs is 1. The zero-order valence-corrected chi connectivity index (χ0v) is 22.3. The highest BCUT2D eigenvalue weighted by molar-refractivity contribution is 6.14. The lowest BCUT2D eigenvalue weighted by atomic mass is 10.0. The lowest BCUT2D eigenvalue weighted by Crippen LogP contribution is -2.40. The van der Waals surface area contributed by atoms with Gasteiger partial charge in [-0.3, -0.25) is 9.48 Å². The quantitative estimate of drug-likeness (QED) is 0.350. The molecule has 0 bridgehead atoms. The van der Waals surface area contributed by atoms with Crippen LogP contribution < -0.4 is 5.32 Å². The van der Waals surface area contributed by atoms with Crippen LogP contribution in [0.25, 0.3) is 10.9 Å². The smallest absolute Gasteiger partial charge is 0.251 e. The zero-order valence-electron chi connectivity index (χ0n) is 22.3. The molecule has 1 aliphatic carbocycles. The number of aromatic nitrogens is 3. The molecule has 1 saturated carbocycles. The van der Waals surface area contributed by atoms with Gasteiger partial charge in [0, 0.05) is 42.1 Å². The normalized spacial score (nSPS) is 18.3. The largest absolute Gasteiger partial charge is 0.494 e. The maximum absolute atomic E-state index is 12.7. The standard InChI is InChI=1S/C29H40N6O2/c1-4-25(27-24-15-20(28(36)30-16-19(2)3)9-10-26(24)33-29(27)37)32-21-17-31-35(18-21)23-11-13-34(14-12-23)22-7-5-6-8-22/h9-10,15,17-19,22-23,33,37H,4-8,11-14,16H2,1-3H3,(H,30,36). The van der Waals surface area contributed by atoms with Crippen LogP contribution in [0.3, 0.4) is 0 Å². The maximum atomic E-state index is 12.7. The maximum Gasteiger partial charge on any atom is 0.251 e. The molecule has 0 radical (unpaired) electrons. The number of carbonyl (C=O) groups excluding carboxylic acids is 1. The van der Waals surface area contributed by atoms with E-state index in [4.69, 9.17) is 4.99 Å². The summed E-state index contributed by atoms with van der Waals surface area (Å²) in [5.74, 6) is 0.332. The van der Waals surface area contributed by atoms with Crippen LogP contribution in [0, 0.1) is 5.92 Å². The van der Waals surface area contributed by atoms with Crippen molar-refractivity contribution in [2.75, 3.05) is 19.6 Å². The molecule has 8 nitrogen and oxygen atoms in total. The molecule has 1 amide bonds. The van der Waals surface area contributed by atoms with Crippen molar-refractivity contribution in [2.45, 2.75) is 77.8 Å². The predicted molar refractivity (Wildman–Crippen MR) is 148 cm³/mol. The molecule has 2 fully saturated rings. The number of amides is 1. The number of rotatable bonds is 8. The molecule has 0 atom stereocenters. The molecular formula is C29H40N6O2. The molecule has 0 spiro atoms. The first kappa shape index (κ1) is 25.5. The zero-order chi connectivity index (χ0) is 25.9. The van der Waals surface area contributed by atoms with Gasteiger partial charge in [0.05, 0.1) is 29.7 Å². The fourth-order valence-electron chi connectivity index (χ4n) is 5.85. The van der Waals surface area contributed by atoms with Crippen LogP contribution >= 0.6 is 0 Å². The van der Waals surface area contributed by atoms with Crippen molar-refractivity contribution in [1.29, 1.82) is 0 Å². The molecule has 0 unspecified atom stereocenters. The van der Waals surface area contributed by atoms with Gasteiger partial charge in [0.15, 0.2) is 5.88 Å². The summed E-state index contributed by atoms with van der Waals surface area (Å²) in [6.45, 7) is 9.07. The average molecular weight is 505 g/mol. The van der Waals surface area contributed by atoms with E-state index in [1.165, 1.54) is 25.7 Å². The number of benzene rings is 1. The highest BCUT2D eigenvalue weighted by atomic mass is 16.3. The summed E-state index contributed by atoms with van der Waals surface area (Å²) in [4.78, 5) is 23.3. The molecule has 1 aromatic carbocycles. The van der Waals surface area contributed by atoms with Crippen LogP contribution in [-0.4, -0.2) is 62.1 Å². The van der Waals surface area contributed by atoms with E-state index < -0.39 is 0 Å². The van der Waals surface area contributed by atoms with Crippen LogP contribution in [0.1, 0.15) is 87.7 Å². The number of hydrogen-bond acceptors (Lipinski definition) is 5. The van der Waals surface area contributed by atoms with E-state index in [2.05, 4.69) is 38.8 Å². The number of piperidine rings is 1. The Morgan fingerprint density at radius 2 is 1.95 bits per heavy atom. The Hall–Kier alpha value is -3.13. The fourth-order valence-corrected chi connectivity index (χ4v) is 5.85. The van der Waals surface area contributed by atoms with E-state index in [-0.39, 0.29) is 11.8 Å². The number of aliphatic imine (C=N–C) groups is 1. The molecule has 8 heteroatoms. The fraction of sp³-hybridized carbons (Fsp3) is 0.552. The summed E-state index contributed by atoms with van der Waals surface area (Å²) in [7, 11) is 0.